The first kappa shape index (κ1) is 13.3. The van der Waals surface area contributed by atoms with Crippen LogP contribution in [0.3, 0.4) is 0 Å². The van der Waals surface area contributed by atoms with Crippen LogP contribution in [0.1, 0.15) is 0 Å². The van der Waals surface area contributed by atoms with Gasteiger partial charge in [-0.1, -0.05) is 15.9 Å². The van der Waals surface area contributed by atoms with Gasteiger partial charge in [0.05, 0.1) is 17.8 Å². The number of anilines is 2. The number of hydrogen-bond acceptors (Lipinski definition) is 3. The maximum Gasteiger partial charge on any atom is 0.237 e. The van der Waals surface area contributed by atoms with Gasteiger partial charge in [0.25, 0.3) is 0 Å². The number of aromatic nitrogens is 1. The van der Waals surface area contributed by atoms with Gasteiger partial charge in [-0.05, 0) is 36.4 Å². The fraction of sp³-hybridized carbons (Fsp3) is 0.200. The molecule has 1 N–H and O–H groups in total. The number of halogens is 1. The van der Waals surface area contributed by atoms with E-state index < -0.39 is 0 Å². The summed E-state index contributed by atoms with van der Waals surface area (Å²) in [5, 5.41) is 3.14. The zero-order chi connectivity index (χ0) is 13.9. The average molecular weight is 332 g/mol. The highest BCUT2D eigenvalue weighted by atomic mass is 79.9. The molecule has 0 radical (unpaired) electrons. The van der Waals surface area contributed by atoms with Crippen molar-refractivity contribution < 1.29 is 4.79 Å². The van der Waals surface area contributed by atoms with E-state index in [0.29, 0.717) is 0 Å². The second-order valence-electron chi connectivity index (χ2n) is 4.72. The summed E-state index contributed by atoms with van der Waals surface area (Å²) in [4.78, 5) is 18.5. The van der Waals surface area contributed by atoms with Gasteiger partial charge in [0.2, 0.25) is 5.91 Å². The smallest absolute Gasteiger partial charge is 0.237 e. The number of carbonyl (C=O) groups is 1. The van der Waals surface area contributed by atoms with Gasteiger partial charge in [-0.15, -0.1) is 0 Å². The Hall–Kier alpha value is -1.72. The number of hydrogen-bond donors (Lipinski definition) is 1. The van der Waals surface area contributed by atoms with Crippen LogP contribution in [-0.2, 0) is 4.79 Å². The molecular formula is C15H14BrN3O. The summed E-state index contributed by atoms with van der Waals surface area (Å²) >= 11 is 3.42. The first-order chi connectivity index (χ1) is 9.75. The van der Waals surface area contributed by atoms with E-state index in [2.05, 4.69) is 26.2 Å². The van der Waals surface area contributed by atoms with Crippen molar-refractivity contribution in [3.05, 3.63) is 53.3 Å². The third-order valence-corrected chi connectivity index (χ3v) is 3.87. The number of benzene rings is 1. The summed E-state index contributed by atoms with van der Waals surface area (Å²) in [6.45, 7) is 1.48. The lowest BCUT2D eigenvalue weighted by Crippen LogP contribution is -2.51. The van der Waals surface area contributed by atoms with Gasteiger partial charge in [-0.2, -0.15) is 0 Å². The van der Waals surface area contributed by atoms with Gasteiger partial charge in [-0.3, -0.25) is 14.7 Å². The normalized spacial score (nSPS) is 14.7. The van der Waals surface area contributed by atoms with Crippen LogP contribution in [0.2, 0.25) is 0 Å². The maximum atomic E-state index is 12.7. The number of carbonyl (C=O) groups excluding carboxylic acids is 1. The average Bonchev–Trinajstić information content (AvgIpc) is 2.41. The minimum absolute atomic E-state index is 0.0406. The van der Waals surface area contributed by atoms with Gasteiger partial charge in [0, 0.05) is 29.4 Å². The van der Waals surface area contributed by atoms with Gasteiger partial charge < -0.3 is 5.32 Å². The predicted molar refractivity (Wildman–Crippen MR) is 81.9 cm³/mol. The van der Waals surface area contributed by atoms with Crippen molar-refractivity contribution in [1.82, 2.24) is 10.3 Å². The summed E-state index contributed by atoms with van der Waals surface area (Å²) in [5.74, 6) is 0.151. The Kier molecular flexibility index (Phi) is 3.80. The third-order valence-electron chi connectivity index (χ3n) is 3.34. The summed E-state index contributed by atoms with van der Waals surface area (Å²) in [6.07, 6.45) is 3.42. The van der Waals surface area contributed by atoms with Crippen LogP contribution in [0, 0.1) is 5.92 Å². The minimum atomic E-state index is 0.0406. The fourth-order valence-corrected chi connectivity index (χ4v) is 2.39. The van der Waals surface area contributed by atoms with Crippen LogP contribution in [0.5, 0.6) is 0 Å². The Morgan fingerprint density at radius 1 is 1.20 bits per heavy atom. The Balaban J connectivity index is 1.98. The molecule has 20 heavy (non-hydrogen) atoms. The molecule has 1 aromatic heterocycles. The number of pyridine rings is 1. The third kappa shape index (κ3) is 2.59. The number of rotatable bonds is 3. The van der Waals surface area contributed by atoms with Crippen LogP contribution in [0.25, 0.3) is 0 Å². The van der Waals surface area contributed by atoms with Crippen LogP contribution >= 0.6 is 15.9 Å². The zero-order valence-corrected chi connectivity index (χ0v) is 12.4. The van der Waals surface area contributed by atoms with E-state index in [1.807, 2.05) is 36.4 Å². The molecule has 0 spiro atoms. The number of nitrogens with zero attached hydrogens (tertiary/aromatic N) is 2. The largest absolute Gasteiger partial charge is 0.315 e. The molecule has 1 saturated heterocycles. The van der Waals surface area contributed by atoms with E-state index in [0.717, 1.165) is 28.9 Å². The van der Waals surface area contributed by atoms with E-state index in [1.54, 1.807) is 17.3 Å². The van der Waals surface area contributed by atoms with Crippen LogP contribution in [-0.4, -0.2) is 24.0 Å². The van der Waals surface area contributed by atoms with Crippen molar-refractivity contribution in [3.8, 4) is 0 Å². The van der Waals surface area contributed by atoms with E-state index in [1.165, 1.54) is 0 Å². The molecule has 1 aliphatic heterocycles. The maximum absolute atomic E-state index is 12.7. The number of amides is 1. The molecule has 1 aromatic carbocycles. The molecule has 3 rings (SSSR count). The van der Waals surface area contributed by atoms with Gasteiger partial charge in [-0.25, -0.2) is 0 Å². The molecule has 1 fully saturated rings. The molecule has 1 amide bonds. The second-order valence-corrected chi connectivity index (χ2v) is 5.63. The Morgan fingerprint density at radius 2 is 1.95 bits per heavy atom. The molecule has 5 heteroatoms. The SMILES string of the molecule is O=C(C1CNC1)N(c1ccc(Br)cc1)c1cccnc1. The lowest BCUT2D eigenvalue weighted by Gasteiger charge is -2.32. The first-order valence-electron chi connectivity index (χ1n) is 6.46. The Bertz CT molecular complexity index is 596. The standard InChI is InChI=1S/C15H14BrN3O/c16-12-3-5-13(6-4-12)19(14-2-1-7-17-10-14)15(20)11-8-18-9-11/h1-7,10-11,18H,8-9H2. The van der Waals surface area contributed by atoms with Crippen LogP contribution in [0.15, 0.2) is 53.3 Å². The van der Waals surface area contributed by atoms with Crippen molar-refractivity contribution in [2.45, 2.75) is 0 Å². The van der Waals surface area contributed by atoms with E-state index in [4.69, 9.17) is 0 Å². The molecule has 2 heterocycles. The van der Waals surface area contributed by atoms with Crippen molar-refractivity contribution in [2.24, 2.45) is 5.92 Å². The molecule has 0 saturated carbocycles. The van der Waals surface area contributed by atoms with E-state index >= 15 is 0 Å². The molecule has 0 atom stereocenters. The van der Waals surface area contributed by atoms with Crippen molar-refractivity contribution in [1.29, 1.82) is 0 Å². The van der Waals surface area contributed by atoms with E-state index in [9.17, 15) is 4.79 Å². The molecule has 0 bridgehead atoms. The minimum Gasteiger partial charge on any atom is -0.315 e. The highest BCUT2D eigenvalue weighted by Crippen LogP contribution is 2.28. The molecule has 4 nitrogen and oxygen atoms in total. The topological polar surface area (TPSA) is 45.2 Å². The Labute approximate surface area is 126 Å². The van der Waals surface area contributed by atoms with Crippen LogP contribution < -0.4 is 10.2 Å². The molecule has 102 valence electrons. The monoisotopic (exact) mass is 331 g/mol. The second kappa shape index (κ2) is 5.73. The molecule has 1 aliphatic rings. The van der Waals surface area contributed by atoms with Crippen molar-refractivity contribution in [2.75, 3.05) is 18.0 Å². The van der Waals surface area contributed by atoms with E-state index in [-0.39, 0.29) is 11.8 Å². The van der Waals surface area contributed by atoms with Gasteiger partial charge in [0.1, 0.15) is 0 Å². The highest BCUT2D eigenvalue weighted by Gasteiger charge is 2.31. The zero-order valence-electron chi connectivity index (χ0n) is 10.8. The Morgan fingerprint density at radius 3 is 2.50 bits per heavy atom. The van der Waals surface area contributed by atoms with Crippen molar-refractivity contribution >= 4 is 33.2 Å². The van der Waals surface area contributed by atoms with Crippen molar-refractivity contribution in [3.63, 3.8) is 0 Å². The number of nitrogens with one attached hydrogen (secondary N) is 1. The summed E-state index contributed by atoms with van der Waals surface area (Å²) in [6, 6.07) is 11.5. The molecule has 0 unspecified atom stereocenters. The fourth-order valence-electron chi connectivity index (χ4n) is 2.13. The lowest BCUT2D eigenvalue weighted by atomic mass is 10.0. The molecule has 2 aromatic rings. The lowest BCUT2D eigenvalue weighted by molar-refractivity contribution is -0.123. The predicted octanol–water partition coefficient (Wildman–Crippen LogP) is 2.73. The molecule has 0 aliphatic carbocycles. The summed E-state index contributed by atoms with van der Waals surface area (Å²) < 4.78 is 0.991. The summed E-state index contributed by atoms with van der Waals surface area (Å²) in [5.41, 5.74) is 1.66. The van der Waals surface area contributed by atoms with Crippen LogP contribution in [0.4, 0.5) is 11.4 Å². The molecular weight excluding hydrogens is 318 g/mol. The first-order valence-corrected chi connectivity index (χ1v) is 7.25. The van der Waals surface area contributed by atoms with Gasteiger partial charge >= 0.3 is 0 Å². The quantitative estimate of drug-likeness (QED) is 0.940. The summed E-state index contributed by atoms with van der Waals surface area (Å²) in [7, 11) is 0. The van der Waals surface area contributed by atoms with Gasteiger partial charge in [0.15, 0.2) is 0 Å². The highest BCUT2D eigenvalue weighted by molar-refractivity contribution is 9.10.